The maximum absolute atomic E-state index is 12.8. The van der Waals surface area contributed by atoms with E-state index in [9.17, 15) is 4.79 Å². The molecule has 0 aliphatic carbocycles. The molecule has 2 N–H and O–H groups in total. The second-order valence-electron chi connectivity index (χ2n) is 5.31. The number of rotatable bonds is 3. The van der Waals surface area contributed by atoms with Crippen LogP contribution >= 0.6 is 22.9 Å². The van der Waals surface area contributed by atoms with E-state index in [-0.39, 0.29) is 5.91 Å². The van der Waals surface area contributed by atoms with Crippen LogP contribution in [0.4, 0.5) is 5.69 Å². The zero-order valence-electron chi connectivity index (χ0n) is 11.8. The zero-order chi connectivity index (χ0) is 15.0. The standard InChI is InChI=1S/C16H17ClN2OS/c1-10-9-21-15(14(10)17)16(20)19-8-11(6-7-18)12-4-2-3-5-13(12)19/h2-5,9,11H,6-8,18H2,1H3. The van der Waals surface area contributed by atoms with E-state index in [1.165, 1.54) is 16.9 Å². The quantitative estimate of drug-likeness (QED) is 0.935. The normalized spacial score (nSPS) is 17.1. The van der Waals surface area contributed by atoms with Gasteiger partial charge in [-0.2, -0.15) is 0 Å². The number of nitrogens with zero attached hydrogens (tertiary/aromatic N) is 1. The molecule has 0 fully saturated rings. The number of carbonyl (C=O) groups excluding carboxylic acids is 1. The van der Waals surface area contributed by atoms with Crippen LogP contribution in [-0.4, -0.2) is 19.0 Å². The van der Waals surface area contributed by atoms with Crippen molar-refractivity contribution < 1.29 is 4.79 Å². The van der Waals surface area contributed by atoms with Gasteiger partial charge in [-0.1, -0.05) is 29.8 Å². The molecule has 1 aliphatic rings. The Hall–Kier alpha value is -1.36. The Labute approximate surface area is 133 Å². The molecule has 1 amide bonds. The Morgan fingerprint density at radius 1 is 1.48 bits per heavy atom. The number of para-hydroxylation sites is 1. The van der Waals surface area contributed by atoms with Crippen molar-refractivity contribution in [1.29, 1.82) is 0 Å². The minimum atomic E-state index is -0.00919. The number of aryl methyl sites for hydroxylation is 1. The summed E-state index contributed by atoms with van der Waals surface area (Å²) in [6.45, 7) is 3.23. The van der Waals surface area contributed by atoms with Gasteiger partial charge in [0.05, 0.1) is 5.02 Å². The van der Waals surface area contributed by atoms with Crippen LogP contribution in [-0.2, 0) is 0 Å². The van der Waals surface area contributed by atoms with Crippen LogP contribution in [0.25, 0.3) is 0 Å². The third-order valence-corrected chi connectivity index (χ3v) is 5.61. The molecule has 0 saturated carbocycles. The zero-order valence-corrected chi connectivity index (χ0v) is 13.4. The van der Waals surface area contributed by atoms with Gasteiger partial charge in [0.25, 0.3) is 5.91 Å². The maximum atomic E-state index is 12.8. The van der Waals surface area contributed by atoms with E-state index >= 15 is 0 Å². The van der Waals surface area contributed by atoms with Crippen molar-refractivity contribution in [2.45, 2.75) is 19.3 Å². The van der Waals surface area contributed by atoms with Gasteiger partial charge in [-0.3, -0.25) is 4.79 Å². The highest BCUT2D eigenvalue weighted by atomic mass is 35.5. The van der Waals surface area contributed by atoms with Crippen LogP contribution in [0.3, 0.4) is 0 Å². The average molecular weight is 321 g/mol. The molecule has 0 spiro atoms. The van der Waals surface area contributed by atoms with Crippen molar-refractivity contribution in [2.75, 3.05) is 18.0 Å². The summed E-state index contributed by atoms with van der Waals surface area (Å²) < 4.78 is 0. The van der Waals surface area contributed by atoms with Gasteiger partial charge in [0, 0.05) is 18.2 Å². The summed E-state index contributed by atoms with van der Waals surface area (Å²) in [5.41, 5.74) is 8.86. The molecule has 110 valence electrons. The number of thiophene rings is 1. The van der Waals surface area contributed by atoms with E-state index in [1.807, 2.05) is 35.4 Å². The second kappa shape index (κ2) is 5.79. The van der Waals surface area contributed by atoms with Crippen molar-refractivity contribution in [2.24, 2.45) is 5.73 Å². The molecule has 0 bridgehead atoms. The van der Waals surface area contributed by atoms with Crippen LogP contribution in [0.15, 0.2) is 29.6 Å². The van der Waals surface area contributed by atoms with E-state index in [4.69, 9.17) is 17.3 Å². The van der Waals surface area contributed by atoms with Crippen molar-refractivity contribution in [3.63, 3.8) is 0 Å². The van der Waals surface area contributed by atoms with Gasteiger partial charge in [0.2, 0.25) is 0 Å². The van der Waals surface area contributed by atoms with Crippen molar-refractivity contribution in [1.82, 2.24) is 0 Å². The highest BCUT2D eigenvalue weighted by molar-refractivity contribution is 7.13. The number of fused-ring (bicyclic) bond motifs is 1. The first kappa shape index (κ1) is 14.6. The largest absolute Gasteiger partial charge is 0.330 e. The molecule has 1 aromatic carbocycles. The van der Waals surface area contributed by atoms with Gasteiger partial charge in [-0.05, 0) is 42.5 Å². The molecule has 1 aliphatic heterocycles. The highest BCUT2D eigenvalue weighted by Crippen LogP contribution is 2.40. The van der Waals surface area contributed by atoms with Gasteiger partial charge in [-0.15, -0.1) is 11.3 Å². The Morgan fingerprint density at radius 3 is 2.90 bits per heavy atom. The van der Waals surface area contributed by atoms with E-state index in [0.717, 1.165) is 17.7 Å². The van der Waals surface area contributed by atoms with Crippen molar-refractivity contribution >= 4 is 34.5 Å². The topological polar surface area (TPSA) is 46.3 Å². The Bertz CT molecular complexity index is 683. The average Bonchev–Trinajstić information content (AvgIpc) is 3.02. The van der Waals surface area contributed by atoms with E-state index in [2.05, 4.69) is 6.07 Å². The molecule has 0 radical (unpaired) electrons. The lowest BCUT2D eigenvalue weighted by atomic mass is 9.98. The van der Waals surface area contributed by atoms with E-state index in [0.29, 0.717) is 28.9 Å². The molecular formula is C16H17ClN2OS. The summed E-state index contributed by atoms with van der Waals surface area (Å²) in [5.74, 6) is 0.306. The summed E-state index contributed by atoms with van der Waals surface area (Å²) >= 11 is 7.66. The SMILES string of the molecule is Cc1csc(C(=O)N2CC(CCN)c3ccccc32)c1Cl. The minimum Gasteiger partial charge on any atom is -0.330 e. The van der Waals surface area contributed by atoms with Crippen molar-refractivity contribution in [3.8, 4) is 0 Å². The molecule has 0 saturated heterocycles. The summed E-state index contributed by atoms with van der Waals surface area (Å²) in [6.07, 6.45) is 0.887. The summed E-state index contributed by atoms with van der Waals surface area (Å²) in [6, 6.07) is 8.06. The lowest BCUT2D eigenvalue weighted by Crippen LogP contribution is -2.29. The lowest BCUT2D eigenvalue weighted by Gasteiger charge is -2.17. The third kappa shape index (κ3) is 2.48. The molecular weight excluding hydrogens is 304 g/mol. The van der Waals surface area contributed by atoms with Crippen molar-refractivity contribution in [3.05, 3.63) is 50.7 Å². The van der Waals surface area contributed by atoms with Gasteiger partial charge >= 0.3 is 0 Å². The number of halogens is 1. The van der Waals surface area contributed by atoms with Gasteiger partial charge < -0.3 is 10.6 Å². The molecule has 21 heavy (non-hydrogen) atoms. The van der Waals surface area contributed by atoms with Crippen LogP contribution in [0.5, 0.6) is 0 Å². The molecule has 1 aromatic heterocycles. The smallest absolute Gasteiger partial charge is 0.269 e. The first-order valence-corrected chi connectivity index (χ1v) is 8.23. The molecule has 1 atom stereocenters. The predicted molar refractivity (Wildman–Crippen MR) is 88.6 cm³/mol. The summed E-state index contributed by atoms with van der Waals surface area (Å²) in [5, 5.41) is 2.50. The summed E-state index contributed by atoms with van der Waals surface area (Å²) in [7, 11) is 0. The van der Waals surface area contributed by atoms with Gasteiger partial charge in [0.15, 0.2) is 0 Å². The fourth-order valence-corrected chi connectivity index (χ4v) is 4.05. The number of hydrogen-bond acceptors (Lipinski definition) is 3. The lowest BCUT2D eigenvalue weighted by molar-refractivity contribution is 0.0992. The maximum Gasteiger partial charge on any atom is 0.269 e. The van der Waals surface area contributed by atoms with Gasteiger partial charge in [-0.25, -0.2) is 0 Å². The Morgan fingerprint density at radius 2 is 2.24 bits per heavy atom. The summed E-state index contributed by atoms with van der Waals surface area (Å²) in [4.78, 5) is 15.3. The van der Waals surface area contributed by atoms with Crippen LogP contribution in [0.1, 0.15) is 33.1 Å². The predicted octanol–water partition coefficient (Wildman–Crippen LogP) is 3.80. The van der Waals surface area contributed by atoms with E-state index < -0.39 is 0 Å². The monoisotopic (exact) mass is 320 g/mol. The Kier molecular flexibility index (Phi) is 4.02. The van der Waals surface area contributed by atoms with Crippen LogP contribution < -0.4 is 10.6 Å². The van der Waals surface area contributed by atoms with Crippen LogP contribution in [0, 0.1) is 6.92 Å². The molecule has 2 aromatic rings. The first-order valence-electron chi connectivity index (χ1n) is 6.98. The third-order valence-electron chi connectivity index (χ3n) is 3.92. The molecule has 5 heteroatoms. The number of anilines is 1. The number of hydrogen-bond donors (Lipinski definition) is 1. The van der Waals surface area contributed by atoms with Crippen LogP contribution in [0.2, 0.25) is 5.02 Å². The molecule has 2 heterocycles. The second-order valence-corrected chi connectivity index (χ2v) is 6.57. The number of nitrogens with two attached hydrogens (primary N) is 1. The fraction of sp³-hybridized carbons (Fsp3) is 0.312. The highest BCUT2D eigenvalue weighted by Gasteiger charge is 2.33. The fourth-order valence-electron chi connectivity index (χ4n) is 2.83. The van der Waals surface area contributed by atoms with Gasteiger partial charge in [0.1, 0.15) is 4.88 Å². The first-order chi connectivity index (χ1) is 10.1. The molecule has 1 unspecified atom stereocenters. The Balaban J connectivity index is 1.97. The number of benzene rings is 1. The van der Waals surface area contributed by atoms with E-state index in [1.54, 1.807) is 0 Å². The molecule has 3 nitrogen and oxygen atoms in total. The number of carbonyl (C=O) groups is 1. The number of amides is 1. The minimum absolute atomic E-state index is 0.00919. The molecule has 3 rings (SSSR count).